The van der Waals surface area contributed by atoms with E-state index in [4.69, 9.17) is 10.2 Å². The van der Waals surface area contributed by atoms with Crippen molar-refractivity contribution in [2.24, 2.45) is 17.8 Å². The SMILES string of the molecule is C[C@H](CO)NC(=O)C(=O)Nc1nn([C@H]2[C@@H]3CC4C[C@H]2C[C@@](O)(C4)C3)c2c1cnc1[nH]ccc12. The minimum absolute atomic E-state index is 0.124. The number of H-pyrrole nitrogens is 1. The maximum atomic E-state index is 12.6. The monoisotopic (exact) mass is 452 g/mol. The van der Waals surface area contributed by atoms with Crippen LogP contribution in [0.2, 0.25) is 0 Å². The van der Waals surface area contributed by atoms with E-state index >= 15 is 0 Å². The lowest BCUT2D eigenvalue weighted by molar-refractivity contribution is -0.148. The molecule has 7 rings (SSSR count). The summed E-state index contributed by atoms with van der Waals surface area (Å²) in [5.74, 6) is -0.157. The summed E-state index contributed by atoms with van der Waals surface area (Å²) in [6.45, 7) is 1.35. The summed E-state index contributed by atoms with van der Waals surface area (Å²) in [4.78, 5) is 32.4. The third-order valence-corrected chi connectivity index (χ3v) is 7.81. The van der Waals surface area contributed by atoms with Gasteiger partial charge in [0.2, 0.25) is 0 Å². The summed E-state index contributed by atoms with van der Waals surface area (Å²) in [7, 11) is 0. The molecule has 0 aromatic carbocycles. The van der Waals surface area contributed by atoms with E-state index in [1.807, 2.05) is 16.9 Å². The average Bonchev–Trinajstić information content (AvgIpc) is 3.37. The Labute approximate surface area is 189 Å². The summed E-state index contributed by atoms with van der Waals surface area (Å²) < 4.78 is 2.02. The average molecular weight is 453 g/mol. The molecular weight excluding hydrogens is 424 g/mol. The largest absolute Gasteiger partial charge is 0.394 e. The van der Waals surface area contributed by atoms with E-state index < -0.39 is 23.5 Å². The third kappa shape index (κ3) is 3.23. The molecule has 0 radical (unpaired) electrons. The Morgan fingerprint density at radius 2 is 2.00 bits per heavy atom. The fourth-order valence-electron chi connectivity index (χ4n) is 6.79. The predicted octanol–water partition coefficient (Wildman–Crippen LogP) is 1.46. The van der Waals surface area contributed by atoms with Crippen LogP contribution in [0.25, 0.3) is 21.9 Å². The molecule has 3 aromatic rings. The van der Waals surface area contributed by atoms with Crippen LogP contribution in [0.1, 0.15) is 45.1 Å². The van der Waals surface area contributed by atoms with Crippen molar-refractivity contribution in [3.05, 3.63) is 18.5 Å². The molecule has 4 aliphatic rings. The van der Waals surface area contributed by atoms with Crippen molar-refractivity contribution >= 4 is 39.6 Å². The zero-order valence-electron chi connectivity index (χ0n) is 18.4. The fourth-order valence-corrected chi connectivity index (χ4v) is 6.79. The van der Waals surface area contributed by atoms with Gasteiger partial charge in [0.1, 0.15) is 5.65 Å². The van der Waals surface area contributed by atoms with E-state index in [2.05, 4.69) is 20.6 Å². The number of carbonyl (C=O) groups is 2. The molecule has 0 aliphatic heterocycles. The van der Waals surface area contributed by atoms with Crippen molar-refractivity contribution in [1.29, 1.82) is 0 Å². The van der Waals surface area contributed by atoms with E-state index in [-0.39, 0.29) is 12.6 Å². The number of pyridine rings is 1. The molecule has 3 heterocycles. The number of carbonyl (C=O) groups excluding carboxylic acids is 2. The summed E-state index contributed by atoms with van der Waals surface area (Å²) in [5.41, 5.74) is 1.06. The van der Waals surface area contributed by atoms with Crippen LogP contribution in [0.5, 0.6) is 0 Å². The molecule has 0 spiro atoms. The number of hydrogen-bond acceptors (Lipinski definition) is 6. The molecule has 4 bridgehead atoms. The van der Waals surface area contributed by atoms with E-state index in [0.717, 1.165) is 48.7 Å². The number of fused-ring (bicyclic) bond motifs is 3. The predicted molar refractivity (Wildman–Crippen MR) is 120 cm³/mol. The molecule has 5 N–H and O–H groups in total. The normalized spacial score (nSPS) is 31.2. The molecule has 1 unspecified atom stereocenters. The number of anilines is 1. The first-order chi connectivity index (χ1) is 15.8. The fraction of sp³-hybridized carbons (Fsp3) is 0.565. The van der Waals surface area contributed by atoms with E-state index in [1.54, 1.807) is 13.1 Å². The second-order valence-electron chi connectivity index (χ2n) is 10.2. The van der Waals surface area contributed by atoms with Crippen LogP contribution in [-0.2, 0) is 9.59 Å². The molecule has 2 amide bonds. The van der Waals surface area contributed by atoms with Crippen LogP contribution in [-0.4, -0.2) is 60.0 Å². The lowest BCUT2D eigenvalue weighted by atomic mass is 9.52. The summed E-state index contributed by atoms with van der Waals surface area (Å²) in [6, 6.07) is 1.55. The van der Waals surface area contributed by atoms with Crippen LogP contribution in [0.3, 0.4) is 0 Å². The first-order valence-corrected chi connectivity index (χ1v) is 11.6. The van der Waals surface area contributed by atoms with Crippen LogP contribution in [0.15, 0.2) is 18.5 Å². The molecule has 10 heteroatoms. The Morgan fingerprint density at radius 1 is 1.24 bits per heavy atom. The van der Waals surface area contributed by atoms with Gasteiger partial charge in [-0.3, -0.25) is 14.3 Å². The summed E-state index contributed by atoms with van der Waals surface area (Å²) in [6.07, 6.45) is 8.11. The van der Waals surface area contributed by atoms with Gasteiger partial charge in [-0.15, -0.1) is 0 Å². The quantitative estimate of drug-likeness (QED) is 0.379. The Hall–Kier alpha value is -2.98. The number of aliphatic hydroxyl groups excluding tert-OH is 1. The first kappa shape index (κ1) is 20.6. The van der Waals surface area contributed by atoms with Crippen LogP contribution in [0.4, 0.5) is 5.82 Å². The van der Waals surface area contributed by atoms with Crippen LogP contribution in [0, 0.1) is 17.8 Å². The van der Waals surface area contributed by atoms with Crippen molar-refractivity contribution in [2.75, 3.05) is 11.9 Å². The highest BCUT2D eigenvalue weighted by molar-refractivity contribution is 6.40. The van der Waals surface area contributed by atoms with Gasteiger partial charge < -0.3 is 25.8 Å². The number of nitrogens with one attached hydrogen (secondary N) is 3. The van der Waals surface area contributed by atoms with Gasteiger partial charge in [0.15, 0.2) is 5.82 Å². The minimum atomic E-state index is -0.838. The molecule has 4 fully saturated rings. The maximum Gasteiger partial charge on any atom is 0.314 e. The number of rotatable bonds is 4. The lowest BCUT2D eigenvalue weighted by Gasteiger charge is -2.57. The van der Waals surface area contributed by atoms with Crippen molar-refractivity contribution < 1.29 is 19.8 Å². The van der Waals surface area contributed by atoms with Gasteiger partial charge in [0.25, 0.3) is 0 Å². The Bertz CT molecular complexity index is 1250. The highest BCUT2D eigenvalue weighted by Gasteiger charge is 2.55. The standard InChI is InChI=1S/C23H28N6O4/c1-11(10-30)26-21(31)22(32)27-20-16-9-25-19-15(2-3-24-19)18(16)29(28-20)17-13-4-12-5-14(17)8-23(33,6-12)7-13/h2-3,9,11-14,17,30,33H,4-8,10H2,1H3,(H,24,25)(H,26,31)(H,27,28,32)/t11-,12?,13-,14+,17+,23-/m1/s1. The van der Waals surface area contributed by atoms with E-state index in [9.17, 15) is 14.7 Å². The van der Waals surface area contributed by atoms with E-state index in [1.165, 1.54) is 0 Å². The minimum Gasteiger partial charge on any atom is -0.394 e. The highest BCUT2D eigenvalue weighted by Crippen LogP contribution is 2.60. The second kappa shape index (κ2) is 7.26. The van der Waals surface area contributed by atoms with E-state index in [0.29, 0.717) is 29.0 Å². The summed E-state index contributed by atoms with van der Waals surface area (Å²) in [5, 5.41) is 31.7. The first-order valence-electron chi connectivity index (χ1n) is 11.6. The molecule has 33 heavy (non-hydrogen) atoms. The Balaban J connectivity index is 1.42. The van der Waals surface area contributed by atoms with Gasteiger partial charge in [0, 0.05) is 23.8 Å². The number of aromatic amines is 1. The van der Waals surface area contributed by atoms with Crippen molar-refractivity contribution in [3.8, 4) is 0 Å². The molecule has 4 aliphatic carbocycles. The molecular formula is C23H28N6O4. The summed E-state index contributed by atoms with van der Waals surface area (Å²) >= 11 is 0. The van der Waals surface area contributed by atoms with Gasteiger partial charge in [-0.25, -0.2) is 4.98 Å². The molecule has 4 saturated carbocycles. The zero-order valence-corrected chi connectivity index (χ0v) is 18.4. The van der Waals surface area contributed by atoms with Gasteiger partial charge in [-0.05, 0) is 62.8 Å². The molecule has 0 saturated heterocycles. The molecule has 10 nitrogen and oxygen atoms in total. The third-order valence-electron chi connectivity index (χ3n) is 7.81. The Kier molecular flexibility index (Phi) is 4.54. The zero-order chi connectivity index (χ0) is 22.9. The number of aromatic nitrogens is 4. The van der Waals surface area contributed by atoms with Gasteiger partial charge in [-0.2, -0.15) is 5.10 Å². The van der Waals surface area contributed by atoms with Crippen molar-refractivity contribution in [3.63, 3.8) is 0 Å². The van der Waals surface area contributed by atoms with Crippen LogP contribution >= 0.6 is 0 Å². The number of aliphatic hydroxyl groups is 2. The van der Waals surface area contributed by atoms with Gasteiger partial charge in [0.05, 0.1) is 29.2 Å². The molecule has 174 valence electrons. The number of nitrogens with zero attached hydrogens (tertiary/aromatic N) is 3. The van der Waals surface area contributed by atoms with Crippen molar-refractivity contribution in [2.45, 2.75) is 56.7 Å². The topological polar surface area (TPSA) is 145 Å². The molecule has 6 atom stereocenters. The maximum absolute atomic E-state index is 12.6. The smallest absolute Gasteiger partial charge is 0.314 e. The number of amides is 2. The van der Waals surface area contributed by atoms with Crippen molar-refractivity contribution in [1.82, 2.24) is 25.1 Å². The second-order valence-corrected chi connectivity index (χ2v) is 10.2. The lowest BCUT2D eigenvalue weighted by Crippen LogP contribution is -2.55. The van der Waals surface area contributed by atoms with Gasteiger partial charge in [-0.1, -0.05) is 0 Å². The van der Waals surface area contributed by atoms with Gasteiger partial charge >= 0.3 is 11.8 Å². The molecule has 3 aromatic heterocycles. The highest BCUT2D eigenvalue weighted by atomic mass is 16.3. The number of hydrogen-bond donors (Lipinski definition) is 5. The van der Waals surface area contributed by atoms with Crippen LogP contribution < -0.4 is 10.6 Å². The Morgan fingerprint density at radius 3 is 2.70 bits per heavy atom.